The highest BCUT2D eigenvalue weighted by atomic mass is 16.8. The van der Waals surface area contributed by atoms with Gasteiger partial charge in [0.05, 0.1) is 26.4 Å². The third-order valence-electron chi connectivity index (χ3n) is 8.58. The van der Waals surface area contributed by atoms with Gasteiger partial charge in [0.1, 0.15) is 85.2 Å². The number of rotatable bonds is 16. The molecule has 10 N–H and O–H groups in total. The van der Waals surface area contributed by atoms with Crippen LogP contribution in [0.4, 0.5) is 0 Å². The van der Waals surface area contributed by atoms with Crippen molar-refractivity contribution in [1.82, 2.24) is 5.32 Å². The monoisotopic (exact) mass is 721 g/mol. The zero-order chi connectivity index (χ0) is 36.5. The number of ether oxygens (including phenoxy) is 7. The fourth-order valence-electron chi connectivity index (χ4n) is 5.81. The van der Waals surface area contributed by atoms with Gasteiger partial charge in [0.2, 0.25) is 5.91 Å². The standard InChI is InChI=1S/C31H47NO18/c1-14(37)32-20-28(50-31-26(43)24(41)22(39)18(12-35)47-31)27(49-30-25(42)23(40)21(38)17(11-34)46-30)19(13-36)48-29(20)45-9-3-2-8-44-16-6-4-15(10-33)5-7-16/h4-7,10,17-31,34-36,38-43H,2-3,8-9,11-13H2,1H3,(H,32,37)/t17-,18+,19-,20-,21+,22-,23+,24-,25-,26+,27-,28-,29-,30+,31+/m1/s1. The summed E-state index contributed by atoms with van der Waals surface area (Å²) in [7, 11) is 0. The Morgan fingerprint density at radius 3 is 1.70 bits per heavy atom. The Bertz CT molecular complexity index is 1190. The molecule has 0 unspecified atom stereocenters. The van der Waals surface area contributed by atoms with Crippen LogP contribution in [0.2, 0.25) is 0 Å². The Kier molecular flexibility index (Phi) is 15.2. The number of amides is 1. The smallest absolute Gasteiger partial charge is 0.217 e. The van der Waals surface area contributed by atoms with E-state index in [9.17, 15) is 55.5 Å². The molecular weight excluding hydrogens is 674 g/mol. The molecule has 3 aliphatic rings. The zero-order valence-electron chi connectivity index (χ0n) is 27.2. The van der Waals surface area contributed by atoms with Crippen molar-refractivity contribution >= 4 is 12.2 Å². The van der Waals surface area contributed by atoms with Gasteiger partial charge in [0.25, 0.3) is 0 Å². The summed E-state index contributed by atoms with van der Waals surface area (Å²) in [4.78, 5) is 23.3. The molecule has 0 saturated carbocycles. The molecule has 3 aliphatic heterocycles. The van der Waals surface area contributed by atoms with Gasteiger partial charge in [-0.25, -0.2) is 0 Å². The van der Waals surface area contributed by atoms with E-state index in [-0.39, 0.29) is 6.61 Å². The predicted octanol–water partition coefficient (Wildman–Crippen LogP) is -4.73. The van der Waals surface area contributed by atoms with E-state index in [1.807, 2.05) is 0 Å². The van der Waals surface area contributed by atoms with E-state index in [1.54, 1.807) is 24.3 Å². The van der Waals surface area contributed by atoms with Crippen molar-refractivity contribution in [2.24, 2.45) is 0 Å². The highest BCUT2D eigenvalue weighted by Gasteiger charge is 2.55. The normalized spacial score (nSPS) is 39.1. The second kappa shape index (κ2) is 18.9. The SMILES string of the molecule is CC(=O)N[C@H]1[C@H](OCCCCOc2ccc(C=O)cc2)O[C@H](CO)[C@@H](O[C@@H]2O[C@H](CO)[C@H](O)[C@H](O)[C@H]2O)[C@@H]1O[C@@H]1O[C@@H](CO)[C@@H](O)[C@@H](O)[C@@H]1O. The van der Waals surface area contributed by atoms with Crippen molar-refractivity contribution in [2.75, 3.05) is 33.0 Å². The minimum atomic E-state index is -1.90. The molecule has 19 heteroatoms. The van der Waals surface area contributed by atoms with Gasteiger partial charge in [-0.1, -0.05) is 0 Å². The first-order valence-electron chi connectivity index (χ1n) is 16.2. The van der Waals surface area contributed by atoms with Gasteiger partial charge in [-0.15, -0.1) is 0 Å². The van der Waals surface area contributed by atoms with Crippen molar-refractivity contribution in [1.29, 1.82) is 0 Å². The lowest BCUT2D eigenvalue weighted by Gasteiger charge is -2.50. The van der Waals surface area contributed by atoms with Crippen molar-refractivity contribution < 1.29 is 88.7 Å². The van der Waals surface area contributed by atoms with Crippen LogP contribution >= 0.6 is 0 Å². The summed E-state index contributed by atoms with van der Waals surface area (Å²) in [6.45, 7) is -0.829. The second-order valence-electron chi connectivity index (χ2n) is 12.2. The Morgan fingerprint density at radius 1 is 0.700 bits per heavy atom. The van der Waals surface area contributed by atoms with E-state index >= 15 is 0 Å². The Morgan fingerprint density at radius 2 is 1.20 bits per heavy atom. The molecular formula is C31H47NO18. The van der Waals surface area contributed by atoms with Crippen LogP contribution in [0.3, 0.4) is 0 Å². The molecule has 0 spiro atoms. The molecule has 0 aliphatic carbocycles. The summed E-state index contributed by atoms with van der Waals surface area (Å²) in [6.07, 6.45) is -21.4. The van der Waals surface area contributed by atoms with Crippen LogP contribution in [0.15, 0.2) is 24.3 Å². The Labute approximate surface area is 286 Å². The predicted molar refractivity (Wildman–Crippen MR) is 163 cm³/mol. The highest BCUT2D eigenvalue weighted by Crippen LogP contribution is 2.34. The lowest BCUT2D eigenvalue weighted by molar-refractivity contribution is -0.374. The quantitative estimate of drug-likeness (QED) is 0.0566. The van der Waals surface area contributed by atoms with E-state index in [2.05, 4.69) is 5.32 Å². The Balaban J connectivity index is 1.54. The minimum Gasteiger partial charge on any atom is -0.494 e. The topological polar surface area (TPSA) is 293 Å². The maximum absolute atomic E-state index is 12.5. The molecule has 0 bridgehead atoms. The first-order valence-corrected chi connectivity index (χ1v) is 16.2. The van der Waals surface area contributed by atoms with Gasteiger partial charge >= 0.3 is 0 Å². The first-order chi connectivity index (χ1) is 23.9. The molecule has 3 saturated heterocycles. The molecule has 50 heavy (non-hydrogen) atoms. The van der Waals surface area contributed by atoms with Crippen LogP contribution in [0.5, 0.6) is 5.75 Å². The number of aldehydes is 1. The van der Waals surface area contributed by atoms with Crippen molar-refractivity contribution in [3.8, 4) is 5.75 Å². The summed E-state index contributed by atoms with van der Waals surface area (Å²) in [5, 5.41) is 95.0. The van der Waals surface area contributed by atoms with Crippen LogP contribution < -0.4 is 10.1 Å². The number of nitrogens with one attached hydrogen (secondary N) is 1. The van der Waals surface area contributed by atoms with Crippen molar-refractivity contribution in [3.05, 3.63) is 29.8 Å². The van der Waals surface area contributed by atoms with Crippen LogP contribution in [0.25, 0.3) is 0 Å². The number of benzene rings is 1. The van der Waals surface area contributed by atoms with Gasteiger partial charge in [-0.3, -0.25) is 9.59 Å². The number of carbonyl (C=O) groups is 2. The van der Waals surface area contributed by atoms with E-state index in [4.69, 9.17) is 33.2 Å². The van der Waals surface area contributed by atoms with Crippen LogP contribution in [-0.4, -0.2) is 183 Å². The number of hydrogen-bond donors (Lipinski definition) is 10. The third kappa shape index (κ3) is 9.70. The maximum atomic E-state index is 12.5. The maximum Gasteiger partial charge on any atom is 0.217 e. The first kappa shape index (κ1) is 40.3. The minimum absolute atomic E-state index is 0.0390. The van der Waals surface area contributed by atoms with E-state index < -0.39 is 118 Å². The van der Waals surface area contributed by atoms with Crippen LogP contribution in [0.1, 0.15) is 30.1 Å². The molecule has 1 aromatic rings. The molecule has 284 valence electrons. The van der Waals surface area contributed by atoms with Gasteiger partial charge in [-0.05, 0) is 37.1 Å². The molecule has 0 radical (unpaired) electrons. The van der Waals surface area contributed by atoms with Gasteiger partial charge in [0.15, 0.2) is 18.9 Å². The summed E-state index contributed by atoms with van der Waals surface area (Å²) in [5.74, 6) is -0.0556. The number of aliphatic hydroxyl groups excluding tert-OH is 9. The number of carbonyl (C=O) groups excluding carboxylic acids is 2. The molecule has 3 heterocycles. The average Bonchev–Trinajstić information content (AvgIpc) is 3.11. The molecule has 3 fully saturated rings. The largest absolute Gasteiger partial charge is 0.494 e. The van der Waals surface area contributed by atoms with Gasteiger partial charge < -0.3 is 84.4 Å². The molecule has 1 amide bonds. The molecule has 4 rings (SSSR count). The average molecular weight is 722 g/mol. The molecule has 15 atom stereocenters. The van der Waals surface area contributed by atoms with Crippen molar-refractivity contribution in [2.45, 2.75) is 112 Å². The zero-order valence-corrected chi connectivity index (χ0v) is 27.2. The summed E-state index contributed by atoms with van der Waals surface area (Å²) in [6, 6.07) is 5.22. The van der Waals surface area contributed by atoms with Crippen LogP contribution in [-0.2, 0) is 33.2 Å². The van der Waals surface area contributed by atoms with Crippen molar-refractivity contribution in [3.63, 3.8) is 0 Å². The summed E-state index contributed by atoms with van der Waals surface area (Å²) < 4.78 is 40.7. The highest BCUT2D eigenvalue weighted by molar-refractivity contribution is 5.74. The summed E-state index contributed by atoms with van der Waals surface area (Å²) >= 11 is 0. The third-order valence-corrected chi connectivity index (χ3v) is 8.58. The molecule has 1 aromatic carbocycles. The number of unbranched alkanes of at least 4 members (excludes halogenated alkanes) is 1. The second-order valence-corrected chi connectivity index (χ2v) is 12.2. The van der Waals surface area contributed by atoms with E-state index in [1.165, 1.54) is 6.92 Å². The lowest BCUT2D eigenvalue weighted by Crippen LogP contribution is -2.70. The summed E-state index contributed by atoms with van der Waals surface area (Å²) in [5.41, 5.74) is 0.503. The van der Waals surface area contributed by atoms with Crippen LogP contribution in [0, 0.1) is 0 Å². The Hall–Kier alpha value is -2.44. The van der Waals surface area contributed by atoms with E-state index in [0.717, 1.165) is 0 Å². The number of hydrogen-bond acceptors (Lipinski definition) is 18. The van der Waals surface area contributed by atoms with E-state index in [0.29, 0.717) is 37.0 Å². The van der Waals surface area contributed by atoms with Gasteiger partial charge in [-0.2, -0.15) is 0 Å². The fourth-order valence-corrected chi connectivity index (χ4v) is 5.81. The molecule has 0 aromatic heterocycles. The fraction of sp³-hybridized carbons (Fsp3) is 0.742. The molecule has 19 nitrogen and oxygen atoms in total. The number of aliphatic hydroxyl groups is 9. The lowest BCUT2D eigenvalue weighted by atomic mass is 9.94. The van der Waals surface area contributed by atoms with Gasteiger partial charge in [0, 0.05) is 19.1 Å².